The van der Waals surface area contributed by atoms with Crippen molar-refractivity contribution in [3.63, 3.8) is 0 Å². The van der Waals surface area contributed by atoms with Gasteiger partial charge in [-0.05, 0) is 35.6 Å². The zero-order chi connectivity index (χ0) is 26.2. The van der Waals surface area contributed by atoms with Crippen LogP contribution in [-0.4, -0.2) is 56.9 Å². The van der Waals surface area contributed by atoms with Gasteiger partial charge in [-0.25, -0.2) is 0 Å². The fourth-order valence-corrected chi connectivity index (χ4v) is 5.06. The molecule has 7 nitrogen and oxygen atoms in total. The highest BCUT2D eigenvalue weighted by atomic mass is 16.7. The molecule has 3 aromatic rings. The summed E-state index contributed by atoms with van der Waals surface area (Å²) in [5.41, 5.74) is 3.78. The molecule has 0 spiro atoms. The second-order valence-corrected chi connectivity index (χ2v) is 9.61. The number of aryl methyl sites for hydroxylation is 1. The minimum absolute atomic E-state index is 0.122. The molecule has 2 heterocycles. The molecule has 1 amide bonds. The zero-order valence-corrected chi connectivity index (χ0v) is 21.7. The summed E-state index contributed by atoms with van der Waals surface area (Å²) in [5, 5.41) is 3.05. The maximum Gasteiger partial charge on any atom is 0.251 e. The molecule has 1 N–H and O–H groups in total. The smallest absolute Gasteiger partial charge is 0.251 e. The summed E-state index contributed by atoms with van der Waals surface area (Å²) >= 11 is 0. The molecule has 200 valence electrons. The van der Waals surface area contributed by atoms with Crippen LogP contribution in [0.4, 0.5) is 0 Å². The summed E-state index contributed by atoms with van der Waals surface area (Å²) in [6, 6.07) is 27.7. The summed E-state index contributed by atoms with van der Waals surface area (Å²) in [6.45, 7) is 1.52. The molecule has 38 heavy (non-hydrogen) atoms. The van der Waals surface area contributed by atoms with Crippen LogP contribution in [0.3, 0.4) is 0 Å². The van der Waals surface area contributed by atoms with Crippen molar-refractivity contribution >= 4 is 5.91 Å². The average Bonchev–Trinajstić information content (AvgIpc) is 3.00. The lowest BCUT2D eigenvalue weighted by Gasteiger charge is -2.45. The quantitative estimate of drug-likeness (QED) is 0.504. The molecule has 0 unspecified atom stereocenters. The van der Waals surface area contributed by atoms with E-state index >= 15 is 0 Å². The van der Waals surface area contributed by atoms with Crippen LogP contribution in [0.1, 0.15) is 33.5 Å². The van der Waals surface area contributed by atoms with Crippen LogP contribution in [0.15, 0.2) is 84.9 Å². The van der Waals surface area contributed by atoms with Gasteiger partial charge >= 0.3 is 0 Å². The van der Waals surface area contributed by atoms with Crippen LogP contribution in [0.2, 0.25) is 0 Å². The topological polar surface area (TPSA) is 75.3 Å². The SMILES string of the molecule is CO[C@H]1O[C@@H]2CNC(=O)c3ccccc3CCCO[C@H]2[C@H](OCc2ccccc2)[C@H]1OCc1ccccc1. The van der Waals surface area contributed by atoms with Gasteiger partial charge in [0, 0.05) is 25.8 Å². The zero-order valence-electron chi connectivity index (χ0n) is 21.7. The number of carbonyl (C=O) groups is 1. The Bertz CT molecular complexity index is 1160. The van der Waals surface area contributed by atoms with E-state index in [1.807, 2.05) is 84.9 Å². The normalized spacial score (nSPS) is 25.9. The highest BCUT2D eigenvalue weighted by Gasteiger charge is 2.48. The number of hydrogen-bond donors (Lipinski definition) is 1. The number of nitrogens with one attached hydrogen (secondary N) is 1. The van der Waals surface area contributed by atoms with Crippen LogP contribution in [0, 0.1) is 0 Å². The summed E-state index contributed by atoms with van der Waals surface area (Å²) in [5.74, 6) is -0.122. The second kappa shape index (κ2) is 13.1. The van der Waals surface area contributed by atoms with Crippen LogP contribution >= 0.6 is 0 Å². The van der Waals surface area contributed by atoms with Gasteiger partial charge in [0.1, 0.15) is 24.4 Å². The van der Waals surface area contributed by atoms with Gasteiger partial charge in [-0.3, -0.25) is 4.79 Å². The molecule has 0 aliphatic carbocycles. The molecule has 0 bridgehead atoms. The number of methoxy groups -OCH3 is 1. The number of benzene rings is 3. The number of hydrogen-bond acceptors (Lipinski definition) is 6. The van der Waals surface area contributed by atoms with Crippen molar-refractivity contribution in [3.05, 3.63) is 107 Å². The van der Waals surface area contributed by atoms with E-state index in [4.69, 9.17) is 23.7 Å². The largest absolute Gasteiger partial charge is 0.373 e. The van der Waals surface area contributed by atoms with Crippen LogP contribution in [-0.2, 0) is 43.3 Å². The number of fused-ring (bicyclic) bond motifs is 2. The standard InChI is InChI=1S/C31H35NO6/c1-34-31-29(37-21-23-13-6-3-7-14-23)28(36-20-22-11-4-2-5-12-22)27-26(38-31)19-32-30(33)25-17-9-8-15-24(25)16-10-18-35-27/h2-9,11-15,17,26-29,31H,10,16,18-21H2,1H3,(H,32,33)/t26-,27-,28+,29-,31+/m1/s1. The van der Waals surface area contributed by atoms with Crippen molar-refractivity contribution in [2.45, 2.75) is 56.8 Å². The fourth-order valence-electron chi connectivity index (χ4n) is 5.06. The van der Waals surface area contributed by atoms with E-state index in [1.54, 1.807) is 7.11 Å². The van der Waals surface area contributed by atoms with Gasteiger partial charge in [0.15, 0.2) is 6.29 Å². The molecule has 0 saturated carbocycles. The molecule has 7 heteroatoms. The van der Waals surface area contributed by atoms with E-state index in [1.165, 1.54) is 0 Å². The molecule has 1 saturated heterocycles. The predicted molar refractivity (Wildman–Crippen MR) is 143 cm³/mol. The van der Waals surface area contributed by atoms with E-state index in [-0.39, 0.29) is 12.5 Å². The lowest BCUT2D eigenvalue weighted by molar-refractivity contribution is -0.315. The Labute approximate surface area is 224 Å². The number of carbonyl (C=O) groups excluding carboxylic acids is 1. The summed E-state index contributed by atoms with van der Waals surface area (Å²) in [4.78, 5) is 13.1. The Kier molecular flexibility index (Phi) is 9.17. The Balaban J connectivity index is 1.40. The highest BCUT2D eigenvalue weighted by Crippen LogP contribution is 2.30. The van der Waals surface area contributed by atoms with Crippen molar-refractivity contribution in [1.82, 2.24) is 5.32 Å². The van der Waals surface area contributed by atoms with Crippen LogP contribution in [0.25, 0.3) is 0 Å². The van der Waals surface area contributed by atoms with Gasteiger partial charge < -0.3 is 29.0 Å². The number of ether oxygens (including phenoxy) is 5. The first-order valence-electron chi connectivity index (χ1n) is 13.2. The highest BCUT2D eigenvalue weighted by molar-refractivity contribution is 5.95. The van der Waals surface area contributed by atoms with Gasteiger partial charge in [0.2, 0.25) is 0 Å². The fraction of sp³-hybridized carbons (Fsp3) is 0.387. The van der Waals surface area contributed by atoms with Crippen molar-refractivity contribution in [2.75, 3.05) is 20.3 Å². The molecule has 2 aliphatic heterocycles. The molecule has 2 aliphatic rings. The van der Waals surface area contributed by atoms with Crippen LogP contribution < -0.4 is 5.32 Å². The molecular weight excluding hydrogens is 482 g/mol. The Morgan fingerprint density at radius 1 is 0.842 bits per heavy atom. The predicted octanol–water partition coefficient (Wildman–Crippen LogP) is 4.29. The first-order valence-corrected chi connectivity index (χ1v) is 13.2. The minimum atomic E-state index is -0.696. The van der Waals surface area contributed by atoms with E-state index < -0.39 is 30.7 Å². The first kappa shape index (κ1) is 26.5. The molecule has 0 radical (unpaired) electrons. The third-order valence-electron chi connectivity index (χ3n) is 7.02. The molecule has 3 aromatic carbocycles. The van der Waals surface area contributed by atoms with Crippen molar-refractivity contribution in [1.29, 1.82) is 0 Å². The molecule has 1 fully saturated rings. The van der Waals surface area contributed by atoms with Gasteiger partial charge in [-0.15, -0.1) is 0 Å². The van der Waals surface area contributed by atoms with Gasteiger partial charge in [0.05, 0.1) is 13.2 Å². The molecule has 0 aromatic heterocycles. The molecule has 5 rings (SSSR count). The van der Waals surface area contributed by atoms with E-state index in [0.717, 1.165) is 29.5 Å². The van der Waals surface area contributed by atoms with E-state index in [0.29, 0.717) is 25.4 Å². The first-order chi connectivity index (χ1) is 18.7. The summed E-state index contributed by atoms with van der Waals surface area (Å²) in [7, 11) is 1.60. The maximum atomic E-state index is 13.1. The summed E-state index contributed by atoms with van der Waals surface area (Å²) < 4.78 is 31.5. The average molecular weight is 518 g/mol. The third kappa shape index (κ3) is 6.49. The minimum Gasteiger partial charge on any atom is -0.373 e. The Hall–Kier alpha value is -3.07. The van der Waals surface area contributed by atoms with Crippen molar-refractivity contribution in [2.24, 2.45) is 0 Å². The second-order valence-electron chi connectivity index (χ2n) is 9.61. The van der Waals surface area contributed by atoms with Crippen LogP contribution in [0.5, 0.6) is 0 Å². The van der Waals surface area contributed by atoms with Gasteiger partial charge in [0.25, 0.3) is 5.91 Å². The molecule has 5 atom stereocenters. The Morgan fingerprint density at radius 3 is 2.16 bits per heavy atom. The lowest BCUT2D eigenvalue weighted by Crippen LogP contribution is -2.62. The molecular formula is C31H35NO6. The lowest BCUT2D eigenvalue weighted by atomic mass is 9.97. The van der Waals surface area contributed by atoms with Gasteiger partial charge in [-0.1, -0.05) is 78.9 Å². The summed E-state index contributed by atoms with van der Waals surface area (Å²) in [6.07, 6.45) is -1.16. The monoisotopic (exact) mass is 517 g/mol. The van der Waals surface area contributed by atoms with Crippen molar-refractivity contribution in [3.8, 4) is 0 Å². The Morgan fingerprint density at radius 2 is 1.47 bits per heavy atom. The van der Waals surface area contributed by atoms with E-state index in [2.05, 4.69) is 5.32 Å². The van der Waals surface area contributed by atoms with Gasteiger partial charge in [-0.2, -0.15) is 0 Å². The number of amides is 1. The third-order valence-corrected chi connectivity index (χ3v) is 7.02. The maximum absolute atomic E-state index is 13.1. The van der Waals surface area contributed by atoms with Crippen molar-refractivity contribution < 1.29 is 28.5 Å². The van der Waals surface area contributed by atoms with E-state index in [9.17, 15) is 4.79 Å². The number of rotatable bonds is 7.